The molecule has 118 valence electrons. The Bertz CT molecular complexity index is 288. The summed E-state index contributed by atoms with van der Waals surface area (Å²) in [6.45, 7) is 15.7. The molecule has 3 unspecified atom stereocenters. The van der Waals surface area contributed by atoms with Crippen LogP contribution in [0.15, 0.2) is 0 Å². The topological polar surface area (TPSA) is 15.3 Å². The predicted molar refractivity (Wildman–Crippen MR) is 88.0 cm³/mol. The van der Waals surface area contributed by atoms with Crippen LogP contribution >= 0.6 is 0 Å². The molecule has 2 aliphatic rings. The lowest BCUT2D eigenvalue weighted by atomic mass is 9.80. The van der Waals surface area contributed by atoms with Crippen LogP contribution in [0.2, 0.25) is 0 Å². The van der Waals surface area contributed by atoms with Gasteiger partial charge in [-0.1, -0.05) is 47.0 Å². The summed E-state index contributed by atoms with van der Waals surface area (Å²) in [7, 11) is 0. The number of piperazine rings is 1. The van der Waals surface area contributed by atoms with E-state index in [9.17, 15) is 0 Å². The fraction of sp³-hybridized carbons (Fsp3) is 1.00. The lowest BCUT2D eigenvalue weighted by molar-refractivity contribution is 0.0699. The van der Waals surface area contributed by atoms with Crippen molar-refractivity contribution in [1.29, 1.82) is 0 Å². The third-order valence-corrected chi connectivity index (χ3v) is 5.94. The van der Waals surface area contributed by atoms with Gasteiger partial charge >= 0.3 is 0 Å². The van der Waals surface area contributed by atoms with Gasteiger partial charge in [0.15, 0.2) is 0 Å². The Morgan fingerprint density at radius 3 is 2.40 bits per heavy atom. The first-order chi connectivity index (χ1) is 9.38. The maximum atomic E-state index is 3.84. The maximum Gasteiger partial charge on any atom is 0.0224 e. The van der Waals surface area contributed by atoms with Crippen LogP contribution in [0.5, 0.6) is 0 Å². The maximum absolute atomic E-state index is 3.84. The largest absolute Gasteiger partial charge is 0.311 e. The molecule has 0 aromatic heterocycles. The summed E-state index contributed by atoms with van der Waals surface area (Å²) in [5, 5.41) is 3.84. The number of hydrogen-bond acceptors (Lipinski definition) is 2. The van der Waals surface area contributed by atoms with Gasteiger partial charge in [-0.05, 0) is 37.0 Å². The van der Waals surface area contributed by atoms with Crippen LogP contribution in [-0.2, 0) is 0 Å². The third-order valence-electron chi connectivity index (χ3n) is 5.94. The molecule has 1 aliphatic heterocycles. The molecule has 1 saturated heterocycles. The molecule has 1 N–H and O–H groups in total. The van der Waals surface area contributed by atoms with Crippen molar-refractivity contribution in [3.05, 3.63) is 0 Å². The molecule has 0 bridgehead atoms. The molecule has 0 spiro atoms. The quantitative estimate of drug-likeness (QED) is 0.843. The molecule has 0 radical (unpaired) electrons. The first kappa shape index (κ1) is 16.3. The molecule has 2 nitrogen and oxygen atoms in total. The van der Waals surface area contributed by atoms with Gasteiger partial charge in [-0.2, -0.15) is 0 Å². The van der Waals surface area contributed by atoms with Crippen molar-refractivity contribution in [3.8, 4) is 0 Å². The van der Waals surface area contributed by atoms with Crippen LogP contribution in [0.4, 0.5) is 0 Å². The van der Waals surface area contributed by atoms with E-state index in [1.54, 1.807) is 0 Å². The van der Waals surface area contributed by atoms with Gasteiger partial charge in [-0.15, -0.1) is 0 Å². The van der Waals surface area contributed by atoms with Gasteiger partial charge in [0.2, 0.25) is 0 Å². The van der Waals surface area contributed by atoms with Crippen LogP contribution in [-0.4, -0.2) is 36.6 Å². The molecular weight excluding hydrogens is 244 g/mol. The number of nitrogens with zero attached hydrogens (tertiary/aromatic N) is 1. The second-order valence-electron chi connectivity index (χ2n) is 8.48. The summed E-state index contributed by atoms with van der Waals surface area (Å²) in [5.41, 5.74) is 0.422. The van der Waals surface area contributed by atoms with Crippen molar-refractivity contribution in [3.63, 3.8) is 0 Å². The second-order valence-corrected chi connectivity index (χ2v) is 8.48. The molecule has 1 heterocycles. The highest BCUT2D eigenvalue weighted by Gasteiger charge is 2.33. The molecular formula is C18H36N2. The molecule has 20 heavy (non-hydrogen) atoms. The molecule has 2 heteroatoms. The Labute approximate surface area is 126 Å². The van der Waals surface area contributed by atoms with E-state index >= 15 is 0 Å². The lowest BCUT2D eigenvalue weighted by Crippen LogP contribution is -2.59. The van der Waals surface area contributed by atoms with E-state index in [0.29, 0.717) is 11.5 Å². The number of rotatable bonds is 3. The van der Waals surface area contributed by atoms with Crippen molar-refractivity contribution in [2.45, 2.75) is 78.8 Å². The molecule has 0 amide bonds. The monoisotopic (exact) mass is 280 g/mol. The van der Waals surface area contributed by atoms with E-state index in [4.69, 9.17) is 0 Å². The predicted octanol–water partition coefficient (Wildman–Crippen LogP) is 3.91. The van der Waals surface area contributed by atoms with Gasteiger partial charge in [0.05, 0.1) is 0 Å². The first-order valence-corrected chi connectivity index (χ1v) is 8.85. The summed E-state index contributed by atoms with van der Waals surface area (Å²) in [6.07, 6.45) is 7.28. The molecule has 1 saturated carbocycles. The van der Waals surface area contributed by atoms with Crippen molar-refractivity contribution < 1.29 is 0 Å². The fourth-order valence-electron chi connectivity index (χ4n) is 3.68. The van der Waals surface area contributed by atoms with E-state index in [1.165, 1.54) is 51.7 Å². The van der Waals surface area contributed by atoms with Crippen molar-refractivity contribution in [2.75, 3.05) is 19.6 Å². The Hall–Kier alpha value is -0.0800. The summed E-state index contributed by atoms with van der Waals surface area (Å²) < 4.78 is 0. The minimum Gasteiger partial charge on any atom is -0.311 e. The smallest absolute Gasteiger partial charge is 0.0224 e. The van der Waals surface area contributed by atoms with Crippen LogP contribution in [0, 0.1) is 17.3 Å². The molecule has 2 fully saturated rings. The fourth-order valence-corrected chi connectivity index (χ4v) is 3.68. The zero-order chi connectivity index (χ0) is 14.8. The van der Waals surface area contributed by atoms with Crippen LogP contribution in [0.3, 0.4) is 0 Å². The molecule has 2 rings (SSSR count). The number of hydrogen-bond donors (Lipinski definition) is 1. The van der Waals surface area contributed by atoms with E-state index in [0.717, 1.165) is 17.9 Å². The van der Waals surface area contributed by atoms with E-state index in [1.807, 2.05) is 0 Å². The number of nitrogens with one attached hydrogen (secondary N) is 1. The van der Waals surface area contributed by atoms with Crippen molar-refractivity contribution >= 4 is 0 Å². The van der Waals surface area contributed by atoms with Gasteiger partial charge in [0.1, 0.15) is 0 Å². The Kier molecular flexibility index (Phi) is 5.53. The van der Waals surface area contributed by atoms with Gasteiger partial charge < -0.3 is 5.32 Å². The summed E-state index contributed by atoms with van der Waals surface area (Å²) >= 11 is 0. The average Bonchev–Trinajstić information content (AvgIpc) is 2.41. The molecule has 0 aromatic rings. The second kappa shape index (κ2) is 6.79. The SMILES string of the molecule is CC1CNC(C2CCCCC2)CN1CC(C)C(C)(C)C. The van der Waals surface area contributed by atoms with Gasteiger partial charge in [-0.25, -0.2) is 0 Å². The Balaban J connectivity index is 1.90. The van der Waals surface area contributed by atoms with Crippen LogP contribution in [0.1, 0.15) is 66.7 Å². The minimum absolute atomic E-state index is 0.422. The zero-order valence-corrected chi connectivity index (χ0v) is 14.4. The third kappa shape index (κ3) is 4.21. The zero-order valence-electron chi connectivity index (χ0n) is 14.4. The van der Waals surface area contributed by atoms with E-state index in [2.05, 4.69) is 44.8 Å². The van der Waals surface area contributed by atoms with Crippen molar-refractivity contribution in [2.24, 2.45) is 17.3 Å². The Morgan fingerprint density at radius 2 is 1.80 bits per heavy atom. The standard InChI is InChI=1S/C18H36N2/c1-14(18(3,4)5)12-20-13-17(19-11-15(20)2)16-9-7-6-8-10-16/h14-17,19H,6-13H2,1-5H3. The van der Waals surface area contributed by atoms with Crippen molar-refractivity contribution in [1.82, 2.24) is 10.2 Å². The van der Waals surface area contributed by atoms with Gasteiger partial charge in [-0.3, -0.25) is 4.90 Å². The summed E-state index contributed by atoms with van der Waals surface area (Å²) in [4.78, 5) is 2.76. The van der Waals surface area contributed by atoms with Gasteiger partial charge in [0.25, 0.3) is 0 Å². The normalized spacial score (nSPS) is 32.2. The van der Waals surface area contributed by atoms with Crippen LogP contribution < -0.4 is 5.32 Å². The minimum atomic E-state index is 0.422. The highest BCUT2D eigenvalue weighted by atomic mass is 15.2. The van der Waals surface area contributed by atoms with Crippen LogP contribution in [0.25, 0.3) is 0 Å². The molecule has 1 aliphatic carbocycles. The first-order valence-electron chi connectivity index (χ1n) is 8.85. The van der Waals surface area contributed by atoms with Gasteiger partial charge in [0, 0.05) is 31.7 Å². The highest BCUT2D eigenvalue weighted by molar-refractivity contribution is 4.90. The summed E-state index contributed by atoms with van der Waals surface area (Å²) in [6, 6.07) is 1.44. The Morgan fingerprint density at radius 1 is 1.15 bits per heavy atom. The van der Waals surface area contributed by atoms with E-state index < -0.39 is 0 Å². The lowest BCUT2D eigenvalue weighted by Gasteiger charge is -2.45. The highest BCUT2D eigenvalue weighted by Crippen LogP contribution is 2.30. The molecule has 3 atom stereocenters. The molecule has 0 aromatic carbocycles. The average molecular weight is 280 g/mol. The summed E-state index contributed by atoms with van der Waals surface area (Å²) in [5.74, 6) is 1.69. The van der Waals surface area contributed by atoms with E-state index in [-0.39, 0.29) is 0 Å².